The number of hydrogen-bond acceptors (Lipinski definition) is 4. The first-order valence-electron chi connectivity index (χ1n) is 6.11. The first-order chi connectivity index (χ1) is 9.08. The van der Waals surface area contributed by atoms with E-state index in [4.69, 9.17) is 10.5 Å². The maximum atomic E-state index is 13.6. The van der Waals surface area contributed by atoms with Crippen LogP contribution in [-0.4, -0.2) is 25.5 Å². The Morgan fingerprint density at radius 2 is 1.70 bits per heavy atom. The van der Waals surface area contributed by atoms with E-state index in [1.807, 2.05) is 0 Å². The largest absolute Gasteiger partial charge is 0.487 e. The quantitative estimate of drug-likeness (QED) is 0.903. The van der Waals surface area contributed by atoms with Crippen molar-refractivity contribution in [1.82, 2.24) is 0 Å². The molecule has 0 saturated heterocycles. The number of halogens is 2. The van der Waals surface area contributed by atoms with E-state index in [1.165, 1.54) is 0 Å². The molecule has 0 aliphatic rings. The minimum atomic E-state index is -3.40. The highest BCUT2D eigenvalue weighted by atomic mass is 32.2. The Bertz CT molecular complexity index is 557. The second-order valence-electron chi connectivity index (χ2n) is 5.37. The lowest BCUT2D eigenvalue weighted by Crippen LogP contribution is -2.32. The van der Waals surface area contributed by atoms with Crippen LogP contribution in [-0.2, 0) is 16.4 Å². The molecule has 0 spiro atoms. The zero-order valence-electron chi connectivity index (χ0n) is 11.7. The fraction of sp³-hybridized carbons (Fsp3) is 0.538. The van der Waals surface area contributed by atoms with E-state index in [9.17, 15) is 17.2 Å². The molecule has 1 aromatic carbocycles. The van der Waals surface area contributed by atoms with Crippen molar-refractivity contribution in [3.05, 3.63) is 29.3 Å². The summed E-state index contributed by atoms with van der Waals surface area (Å²) < 4.78 is 54.8. The first-order valence-corrected chi connectivity index (χ1v) is 7.77. The van der Waals surface area contributed by atoms with E-state index >= 15 is 0 Å². The van der Waals surface area contributed by atoms with Crippen molar-refractivity contribution in [2.45, 2.75) is 32.1 Å². The Morgan fingerprint density at radius 3 is 2.10 bits per heavy atom. The van der Waals surface area contributed by atoms with Gasteiger partial charge in [-0.15, -0.1) is 0 Å². The summed E-state index contributed by atoms with van der Waals surface area (Å²) in [6.07, 6.45) is 0. The number of benzene rings is 1. The summed E-state index contributed by atoms with van der Waals surface area (Å²) >= 11 is 0. The van der Waals surface area contributed by atoms with Crippen LogP contribution >= 0.6 is 0 Å². The zero-order valence-corrected chi connectivity index (χ0v) is 12.6. The van der Waals surface area contributed by atoms with Gasteiger partial charge in [0.2, 0.25) is 0 Å². The molecule has 4 nitrogen and oxygen atoms in total. The molecule has 0 amide bonds. The lowest BCUT2D eigenvalue weighted by Gasteiger charge is -2.19. The van der Waals surface area contributed by atoms with Crippen LogP contribution in [0.25, 0.3) is 0 Å². The summed E-state index contributed by atoms with van der Waals surface area (Å²) in [4.78, 5) is 0. The fourth-order valence-corrected chi connectivity index (χ4v) is 2.34. The van der Waals surface area contributed by atoms with Crippen molar-refractivity contribution >= 4 is 9.84 Å². The standard InChI is InChI=1S/C13H19F2NO3S/c1-13(2,3)20(17,18)5-4-19-12-10(14)6-9(8-16)7-11(12)15/h6-7H,4-5,8,16H2,1-3H3. The molecule has 20 heavy (non-hydrogen) atoms. The summed E-state index contributed by atoms with van der Waals surface area (Å²) in [5, 5.41) is 0. The molecule has 1 rings (SSSR count). The normalized spacial score (nSPS) is 12.5. The van der Waals surface area contributed by atoms with Crippen molar-refractivity contribution in [1.29, 1.82) is 0 Å². The third-order valence-electron chi connectivity index (χ3n) is 2.83. The zero-order chi connectivity index (χ0) is 15.6. The molecule has 0 aliphatic carbocycles. The van der Waals surface area contributed by atoms with Crippen molar-refractivity contribution in [2.75, 3.05) is 12.4 Å². The summed E-state index contributed by atoms with van der Waals surface area (Å²) in [5.74, 6) is -2.67. The third kappa shape index (κ3) is 3.89. The van der Waals surface area contributed by atoms with Crippen molar-refractivity contribution < 1.29 is 21.9 Å². The lowest BCUT2D eigenvalue weighted by atomic mass is 10.2. The molecule has 0 fully saturated rings. The Balaban J connectivity index is 2.78. The van der Waals surface area contributed by atoms with Gasteiger partial charge in [-0.05, 0) is 38.5 Å². The average molecular weight is 307 g/mol. The predicted molar refractivity (Wildman–Crippen MR) is 73.3 cm³/mol. The molecule has 0 radical (unpaired) electrons. The van der Waals surface area contributed by atoms with Crippen LogP contribution in [0.1, 0.15) is 26.3 Å². The summed E-state index contributed by atoms with van der Waals surface area (Å²) in [6, 6.07) is 2.13. The van der Waals surface area contributed by atoms with Gasteiger partial charge < -0.3 is 10.5 Å². The molecule has 7 heteroatoms. The van der Waals surface area contributed by atoms with Gasteiger partial charge in [0.25, 0.3) is 0 Å². The molecule has 114 valence electrons. The average Bonchev–Trinajstić information content (AvgIpc) is 2.30. The minimum absolute atomic E-state index is 0.00647. The second-order valence-corrected chi connectivity index (χ2v) is 8.23. The molecular weight excluding hydrogens is 288 g/mol. The maximum Gasteiger partial charge on any atom is 0.190 e. The van der Waals surface area contributed by atoms with Gasteiger partial charge in [-0.3, -0.25) is 0 Å². The highest BCUT2D eigenvalue weighted by Gasteiger charge is 2.28. The van der Waals surface area contributed by atoms with E-state index < -0.39 is 32.0 Å². The van der Waals surface area contributed by atoms with Gasteiger partial charge in [0.15, 0.2) is 27.2 Å². The molecule has 2 N–H and O–H groups in total. The molecule has 0 heterocycles. The van der Waals surface area contributed by atoms with Crippen LogP contribution in [0.3, 0.4) is 0 Å². The number of sulfone groups is 1. The van der Waals surface area contributed by atoms with Gasteiger partial charge in [0, 0.05) is 6.54 Å². The molecule has 0 aromatic heterocycles. The fourth-order valence-electron chi connectivity index (χ4n) is 1.43. The van der Waals surface area contributed by atoms with Crippen molar-refractivity contribution in [2.24, 2.45) is 5.73 Å². The van der Waals surface area contributed by atoms with Crippen LogP contribution in [0, 0.1) is 11.6 Å². The van der Waals surface area contributed by atoms with Crippen LogP contribution in [0.4, 0.5) is 8.78 Å². The summed E-state index contributed by atoms with van der Waals surface area (Å²) in [5.41, 5.74) is 5.59. The van der Waals surface area contributed by atoms with E-state index in [0.29, 0.717) is 5.56 Å². The molecule has 0 bridgehead atoms. The van der Waals surface area contributed by atoms with Crippen molar-refractivity contribution in [3.8, 4) is 5.75 Å². The van der Waals surface area contributed by atoms with Crippen LogP contribution in [0.5, 0.6) is 5.75 Å². The van der Waals surface area contributed by atoms with Crippen molar-refractivity contribution in [3.63, 3.8) is 0 Å². The van der Waals surface area contributed by atoms with E-state index in [0.717, 1.165) is 12.1 Å². The molecule has 0 unspecified atom stereocenters. The molecular formula is C13H19F2NO3S. The predicted octanol–water partition coefficient (Wildman–Crippen LogP) is 2.02. The van der Waals surface area contributed by atoms with Gasteiger partial charge in [0.1, 0.15) is 6.61 Å². The Labute approximate surface area is 117 Å². The smallest absolute Gasteiger partial charge is 0.190 e. The van der Waals surface area contributed by atoms with Crippen LogP contribution in [0.2, 0.25) is 0 Å². The van der Waals surface area contributed by atoms with Crippen LogP contribution < -0.4 is 10.5 Å². The molecule has 0 saturated carbocycles. The maximum absolute atomic E-state index is 13.6. The Morgan fingerprint density at radius 1 is 1.20 bits per heavy atom. The molecule has 0 atom stereocenters. The lowest BCUT2D eigenvalue weighted by molar-refractivity contribution is 0.302. The molecule has 0 aliphatic heterocycles. The highest BCUT2D eigenvalue weighted by Crippen LogP contribution is 2.24. The monoisotopic (exact) mass is 307 g/mol. The Kier molecular flexibility index (Phi) is 5.10. The van der Waals surface area contributed by atoms with Gasteiger partial charge in [-0.1, -0.05) is 0 Å². The van der Waals surface area contributed by atoms with Gasteiger partial charge in [0.05, 0.1) is 10.5 Å². The SMILES string of the molecule is CC(C)(C)S(=O)(=O)CCOc1c(F)cc(CN)cc1F. The van der Waals surface area contributed by atoms with Gasteiger partial charge in [-0.2, -0.15) is 0 Å². The second kappa shape index (κ2) is 6.05. The highest BCUT2D eigenvalue weighted by molar-refractivity contribution is 7.92. The van der Waals surface area contributed by atoms with Crippen LogP contribution in [0.15, 0.2) is 12.1 Å². The third-order valence-corrected chi connectivity index (χ3v) is 5.40. The number of ether oxygens (including phenoxy) is 1. The number of nitrogens with two attached hydrogens (primary N) is 1. The molecule has 1 aromatic rings. The Hall–Kier alpha value is -1.21. The summed E-state index contributed by atoms with van der Waals surface area (Å²) in [7, 11) is -3.40. The van der Waals surface area contributed by atoms with Gasteiger partial charge in [-0.25, -0.2) is 17.2 Å². The topological polar surface area (TPSA) is 69.4 Å². The number of hydrogen-bond donors (Lipinski definition) is 1. The minimum Gasteiger partial charge on any atom is -0.487 e. The summed E-state index contributed by atoms with van der Waals surface area (Å²) in [6.45, 7) is 4.36. The number of rotatable bonds is 5. The first kappa shape index (κ1) is 16.8. The van der Waals surface area contributed by atoms with Gasteiger partial charge >= 0.3 is 0 Å². The van der Waals surface area contributed by atoms with E-state index in [2.05, 4.69) is 0 Å². The van der Waals surface area contributed by atoms with E-state index in [1.54, 1.807) is 20.8 Å². The van der Waals surface area contributed by atoms with E-state index in [-0.39, 0.29) is 18.9 Å².